The van der Waals surface area contributed by atoms with Crippen molar-refractivity contribution in [1.82, 2.24) is 14.8 Å². The summed E-state index contributed by atoms with van der Waals surface area (Å²) in [6.07, 6.45) is 1.47. The molecule has 3 rings (SSSR count). The molecule has 0 aliphatic carbocycles. The molecule has 0 atom stereocenters. The highest BCUT2D eigenvalue weighted by Crippen LogP contribution is 2.17. The molecule has 1 aromatic carbocycles. The molecule has 146 valence electrons. The predicted molar refractivity (Wildman–Crippen MR) is 106 cm³/mol. The Balaban J connectivity index is 1.70. The molecule has 1 aliphatic heterocycles. The van der Waals surface area contributed by atoms with Crippen molar-refractivity contribution < 1.29 is 14.4 Å². The van der Waals surface area contributed by atoms with Crippen molar-refractivity contribution in [3.05, 3.63) is 58.9 Å². The molecule has 1 aliphatic rings. The van der Waals surface area contributed by atoms with Crippen LogP contribution in [0.5, 0.6) is 0 Å². The summed E-state index contributed by atoms with van der Waals surface area (Å²) in [5.41, 5.74) is 3.40. The third-order valence-corrected chi connectivity index (χ3v) is 4.88. The lowest BCUT2D eigenvalue weighted by atomic mass is 10.1. The van der Waals surface area contributed by atoms with Gasteiger partial charge < -0.3 is 15.1 Å². The van der Waals surface area contributed by atoms with Crippen LogP contribution >= 0.6 is 0 Å². The van der Waals surface area contributed by atoms with Crippen LogP contribution < -0.4 is 5.32 Å². The van der Waals surface area contributed by atoms with E-state index < -0.39 is 0 Å². The smallest absolute Gasteiger partial charge is 0.274 e. The van der Waals surface area contributed by atoms with Crippen molar-refractivity contribution in [3.8, 4) is 0 Å². The van der Waals surface area contributed by atoms with Crippen LogP contribution in [0.15, 0.2) is 36.5 Å². The van der Waals surface area contributed by atoms with Crippen molar-refractivity contribution in [2.24, 2.45) is 0 Å². The summed E-state index contributed by atoms with van der Waals surface area (Å²) in [7, 11) is 0. The number of carbonyl (C=O) groups excluding carboxylic acids is 3. The zero-order valence-corrected chi connectivity index (χ0v) is 16.4. The van der Waals surface area contributed by atoms with Gasteiger partial charge in [0.2, 0.25) is 5.91 Å². The molecule has 0 unspecified atom stereocenters. The van der Waals surface area contributed by atoms with Crippen LogP contribution in [0.4, 0.5) is 5.69 Å². The summed E-state index contributed by atoms with van der Waals surface area (Å²) in [6, 6.07) is 8.89. The lowest BCUT2D eigenvalue weighted by Gasteiger charge is -2.34. The third-order valence-electron chi connectivity index (χ3n) is 4.88. The Morgan fingerprint density at radius 3 is 2.29 bits per heavy atom. The molecule has 1 aromatic heterocycles. The average Bonchev–Trinajstić information content (AvgIpc) is 2.69. The number of aryl methyl sites for hydroxylation is 2. The Kier molecular flexibility index (Phi) is 5.73. The van der Waals surface area contributed by atoms with Gasteiger partial charge in [0.15, 0.2) is 0 Å². The molecule has 3 amide bonds. The molecule has 7 heteroatoms. The molecule has 7 nitrogen and oxygen atoms in total. The number of aromatic nitrogens is 1. The van der Waals surface area contributed by atoms with Crippen LogP contribution in [0.2, 0.25) is 0 Å². The Bertz CT molecular complexity index is 918. The van der Waals surface area contributed by atoms with E-state index in [1.54, 1.807) is 15.9 Å². The fraction of sp³-hybridized carbons (Fsp3) is 0.333. The zero-order chi connectivity index (χ0) is 20.3. The second-order valence-electron chi connectivity index (χ2n) is 7.00. The highest BCUT2D eigenvalue weighted by atomic mass is 16.2. The summed E-state index contributed by atoms with van der Waals surface area (Å²) < 4.78 is 0. The first kappa shape index (κ1) is 19.5. The number of nitrogens with one attached hydrogen (secondary N) is 1. The second-order valence-corrected chi connectivity index (χ2v) is 7.00. The minimum absolute atomic E-state index is 0.0152. The van der Waals surface area contributed by atoms with Gasteiger partial charge in [0.25, 0.3) is 11.8 Å². The maximum absolute atomic E-state index is 12.8. The normalized spacial score (nSPS) is 14.0. The maximum Gasteiger partial charge on any atom is 0.274 e. The summed E-state index contributed by atoms with van der Waals surface area (Å²) in [4.78, 5) is 44.3. The topological polar surface area (TPSA) is 82.6 Å². The highest BCUT2D eigenvalue weighted by Gasteiger charge is 2.24. The first-order chi connectivity index (χ1) is 13.3. The number of rotatable bonds is 3. The monoisotopic (exact) mass is 380 g/mol. The van der Waals surface area contributed by atoms with Gasteiger partial charge in [0.05, 0.1) is 0 Å². The lowest BCUT2D eigenvalue weighted by molar-refractivity contribution is -0.130. The molecule has 0 radical (unpaired) electrons. The third kappa shape index (κ3) is 4.36. The van der Waals surface area contributed by atoms with Gasteiger partial charge >= 0.3 is 0 Å². The SMILES string of the molecule is CC(=O)N1CCN(C(=O)c2ccnc(C(=O)Nc3ccc(C)cc3C)c2)CC1. The van der Waals surface area contributed by atoms with E-state index in [9.17, 15) is 14.4 Å². The number of carbonyl (C=O) groups is 3. The van der Waals surface area contributed by atoms with Gasteiger partial charge in [0.1, 0.15) is 5.69 Å². The Hall–Kier alpha value is -3.22. The Morgan fingerprint density at radius 1 is 0.964 bits per heavy atom. The number of amides is 3. The quantitative estimate of drug-likeness (QED) is 0.885. The van der Waals surface area contributed by atoms with E-state index >= 15 is 0 Å². The molecule has 2 aromatic rings. The fourth-order valence-electron chi connectivity index (χ4n) is 3.23. The van der Waals surface area contributed by atoms with Crippen molar-refractivity contribution in [3.63, 3.8) is 0 Å². The molecule has 1 fully saturated rings. The van der Waals surface area contributed by atoms with E-state index in [-0.39, 0.29) is 23.4 Å². The van der Waals surface area contributed by atoms with Gasteiger partial charge in [-0.1, -0.05) is 17.7 Å². The molecule has 2 heterocycles. The van der Waals surface area contributed by atoms with E-state index in [1.807, 2.05) is 32.0 Å². The lowest BCUT2D eigenvalue weighted by Crippen LogP contribution is -2.50. The summed E-state index contributed by atoms with van der Waals surface area (Å²) in [5.74, 6) is -0.504. The van der Waals surface area contributed by atoms with Gasteiger partial charge in [-0.15, -0.1) is 0 Å². The number of hydrogen-bond donors (Lipinski definition) is 1. The van der Waals surface area contributed by atoms with Crippen LogP contribution in [0, 0.1) is 13.8 Å². The van der Waals surface area contributed by atoms with Crippen LogP contribution in [0.3, 0.4) is 0 Å². The minimum Gasteiger partial charge on any atom is -0.339 e. The second kappa shape index (κ2) is 8.21. The zero-order valence-electron chi connectivity index (χ0n) is 16.4. The predicted octanol–water partition coefficient (Wildman–Crippen LogP) is 2.26. The largest absolute Gasteiger partial charge is 0.339 e. The molecule has 1 saturated heterocycles. The molecule has 0 spiro atoms. The van der Waals surface area contributed by atoms with E-state index in [0.29, 0.717) is 31.7 Å². The number of nitrogens with zero attached hydrogens (tertiary/aromatic N) is 3. The van der Waals surface area contributed by atoms with Crippen LogP contribution in [0.1, 0.15) is 38.9 Å². The molecular formula is C21H24N4O3. The number of anilines is 1. The molecule has 0 saturated carbocycles. The highest BCUT2D eigenvalue weighted by molar-refractivity contribution is 6.05. The molecular weight excluding hydrogens is 356 g/mol. The van der Waals surface area contributed by atoms with Crippen LogP contribution in [0.25, 0.3) is 0 Å². The van der Waals surface area contributed by atoms with Gasteiger partial charge in [0, 0.05) is 50.6 Å². The fourth-order valence-corrected chi connectivity index (χ4v) is 3.23. The van der Waals surface area contributed by atoms with Crippen molar-refractivity contribution in [2.75, 3.05) is 31.5 Å². The average molecular weight is 380 g/mol. The number of piperazine rings is 1. The van der Waals surface area contributed by atoms with Crippen molar-refractivity contribution in [2.45, 2.75) is 20.8 Å². The molecule has 1 N–H and O–H groups in total. The van der Waals surface area contributed by atoms with E-state index in [2.05, 4.69) is 10.3 Å². The van der Waals surface area contributed by atoms with E-state index in [0.717, 1.165) is 16.8 Å². The summed E-state index contributed by atoms with van der Waals surface area (Å²) >= 11 is 0. The standard InChI is InChI=1S/C21H24N4O3/c1-14-4-5-18(15(2)12-14)23-20(27)19-13-17(6-7-22-19)21(28)25-10-8-24(9-11-25)16(3)26/h4-7,12-13H,8-11H2,1-3H3,(H,23,27). The van der Waals surface area contributed by atoms with Gasteiger partial charge in [-0.25, -0.2) is 0 Å². The van der Waals surface area contributed by atoms with Crippen molar-refractivity contribution >= 4 is 23.4 Å². The summed E-state index contributed by atoms with van der Waals surface area (Å²) in [6.45, 7) is 7.44. The Morgan fingerprint density at radius 2 is 1.64 bits per heavy atom. The Labute approximate surface area is 164 Å². The van der Waals surface area contributed by atoms with Gasteiger partial charge in [-0.3, -0.25) is 19.4 Å². The van der Waals surface area contributed by atoms with Crippen LogP contribution in [-0.4, -0.2) is 58.7 Å². The minimum atomic E-state index is -0.358. The first-order valence-electron chi connectivity index (χ1n) is 9.24. The maximum atomic E-state index is 12.8. The van der Waals surface area contributed by atoms with Crippen molar-refractivity contribution in [1.29, 1.82) is 0 Å². The molecule has 28 heavy (non-hydrogen) atoms. The van der Waals surface area contributed by atoms with E-state index in [1.165, 1.54) is 19.2 Å². The number of pyridine rings is 1. The van der Waals surface area contributed by atoms with E-state index in [4.69, 9.17) is 0 Å². The van der Waals surface area contributed by atoms with Gasteiger partial charge in [-0.2, -0.15) is 0 Å². The summed E-state index contributed by atoms with van der Waals surface area (Å²) in [5, 5.41) is 2.85. The molecule has 0 bridgehead atoms. The number of hydrogen-bond acceptors (Lipinski definition) is 4. The van der Waals surface area contributed by atoms with Crippen LogP contribution in [-0.2, 0) is 4.79 Å². The van der Waals surface area contributed by atoms with Gasteiger partial charge in [-0.05, 0) is 37.6 Å². The first-order valence-corrected chi connectivity index (χ1v) is 9.24. The number of benzene rings is 1.